The fraction of sp³-hybridized carbons (Fsp3) is 0.300. The van der Waals surface area contributed by atoms with E-state index in [-0.39, 0.29) is 17.6 Å². The van der Waals surface area contributed by atoms with Crippen molar-refractivity contribution in [1.82, 2.24) is 15.1 Å². The SMILES string of the molecule is Cc1nnc(-c2cccc(NC(=O)[C@H]3CCCCN3C(=O)c3ccco3)c2)s1. The Hall–Kier alpha value is -3.00. The van der Waals surface area contributed by atoms with E-state index in [2.05, 4.69) is 15.5 Å². The molecule has 1 N–H and O–H groups in total. The average molecular weight is 396 g/mol. The Kier molecular flexibility index (Phi) is 5.21. The van der Waals surface area contributed by atoms with Crippen LogP contribution in [0.1, 0.15) is 34.8 Å². The third kappa shape index (κ3) is 3.82. The molecule has 4 rings (SSSR count). The van der Waals surface area contributed by atoms with Gasteiger partial charge in [0, 0.05) is 17.8 Å². The molecule has 2 aromatic heterocycles. The Balaban J connectivity index is 1.51. The number of amides is 2. The molecular weight excluding hydrogens is 376 g/mol. The minimum Gasteiger partial charge on any atom is -0.459 e. The van der Waals surface area contributed by atoms with Crippen LogP contribution in [0, 0.1) is 6.92 Å². The van der Waals surface area contributed by atoms with Gasteiger partial charge in [-0.25, -0.2) is 0 Å². The van der Waals surface area contributed by atoms with Gasteiger partial charge in [-0.05, 0) is 50.5 Å². The van der Waals surface area contributed by atoms with E-state index >= 15 is 0 Å². The summed E-state index contributed by atoms with van der Waals surface area (Å²) in [6.07, 6.45) is 3.88. The number of aryl methyl sites for hydroxylation is 1. The lowest BCUT2D eigenvalue weighted by Crippen LogP contribution is -2.49. The highest BCUT2D eigenvalue weighted by atomic mass is 32.1. The second-order valence-corrected chi connectivity index (χ2v) is 7.87. The van der Waals surface area contributed by atoms with Crippen LogP contribution in [0.3, 0.4) is 0 Å². The summed E-state index contributed by atoms with van der Waals surface area (Å²) >= 11 is 1.50. The van der Waals surface area contributed by atoms with Gasteiger partial charge in [0.1, 0.15) is 16.1 Å². The first-order chi connectivity index (χ1) is 13.6. The molecular formula is C20H20N4O3S. The number of carbonyl (C=O) groups is 2. The van der Waals surface area contributed by atoms with Gasteiger partial charge in [0.05, 0.1) is 6.26 Å². The van der Waals surface area contributed by atoms with Crippen molar-refractivity contribution in [2.75, 3.05) is 11.9 Å². The number of hydrogen-bond donors (Lipinski definition) is 1. The van der Waals surface area contributed by atoms with Crippen LogP contribution in [0.15, 0.2) is 47.1 Å². The van der Waals surface area contributed by atoms with E-state index in [1.54, 1.807) is 17.0 Å². The minimum atomic E-state index is -0.515. The molecule has 28 heavy (non-hydrogen) atoms. The Morgan fingerprint density at radius 3 is 2.86 bits per heavy atom. The number of nitrogens with one attached hydrogen (secondary N) is 1. The summed E-state index contributed by atoms with van der Waals surface area (Å²) in [4.78, 5) is 27.3. The van der Waals surface area contributed by atoms with Crippen LogP contribution in [0.5, 0.6) is 0 Å². The summed E-state index contributed by atoms with van der Waals surface area (Å²) in [5.74, 6) is -0.179. The molecule has 3 heterocycles. The molecule has 0 radical (unpaired) electrons. The number of likely N-dealkylation sites (tertiary alicyclic amines) is 1. The first-order valence-electron chi connectivity index (χ1n) is 9.18. The third-order valence-corrected chi connectivity index (χ3v) is 5.59. The lowest BCUT2D eigenvalue weighted by atomic mass is 10.0. The van der Waals surface area contributed by atoms with Gasteiger partial charge in [-0.3, -0.25) is 9.59 Å². The number of furan rings is 1. The average Bonchev–Trinajstić information content (AvgIpc) is 3.39. The van der Waals surface area contributed by atoms with Crippen LogP contribution in [0.4, 0.5) is 5.69 Å². The van der Waals surface area contributed by atoms with Gasteiger partial charge in [0.15, 0.2) is 5.76 Å². The van der Waals surface area contributed by atoms with Crippen LogP contribution >= 0.6 is 11.3 Å². The molecule has 1 saturated heterocycles. The molecule has 1 fully saturated rings. The molecule has 0 spiro atoms. The van der Waals surface area contributed by atoms with Gasteiger partial charge < -0.3 is 14.6 Å². The van der Waals surface area contributed by atoms with Gasteiger partial charge >= 0.3 is 0 Å². The highest BCUT2D eigenvalue weighted by molar-refractivity contribution is 7.14. The van der Waals surface area contributed by atoms with Crippen molar-refractivity contribution in [3.05, 3.63) is 53.4 Å². The standard InChI is InChI=1S/C20H20N4O3S/c1-13-22-23-19(28-13)14-6-4-7-15(12-14)21-18(25)16-8-2-3-10-24(16)20(26)17-9-5-11-27-17/h4-7,9,11-12,16H,2-3,8,10H2,1H3,(H,21,25)/t16-/m1/s1. The quantitative estimate of drug-likeness (QED) is 0.726. The number of hydrogen-bond acceptors (Lipinski definition) is 6. The molecule has 3 aromatic rings. The van der Waals surface area contributed by atoms with E-state index in [4.69, 9.17) is 4.42 Å². The van der Waals surface area contributed by atoms with Crippen molar-refractivity contribution in [2.45, 2.75) is 32.2 Å². The summed E-state index contributed by atoms with van der Waals surface area (Å²) in [7, 11) is 0. The number of anilines is 1. The molecule has 1 aromatic carbocycles. The normalized spacial score (nSPS) is 16.8. The van der Waals surface area contributed by atoms with Gasteiger partial charge in [0.2, 0.25) is 5.91 Å². The number of piperidine rings is 1. The maximum Gasteiger partial charge on any atom is 0.290 e. The zero-order chi connectivity index (χ0) is 19.5. The summed E-state index contributed by atoms with van der Waals surface area (Å²) in [5.41, 5.74) is 1.57. The monoisotopic (exact) mass is 396 g/mol. The van der Waals surface area contributed by atoms with E-state index in [0.717, 1.165) is 28.4 Å². The van der Waals surface area contributed by atoms with Crippen molar-refractivity contribution in [2.24, 2.45) is 0 Å². The number of rotatable bonds is 4. The molecule has 1 atom stereocenters. The first-order valence-corrected chi connectivity index (χ1v) is 9.99. The van der Waals surface area contributed by atoms with Gasteiger partial charge in [0.25, 0.3) is 5.91 Å². The summed E-state index contributed by atoms with van der Waals surface area (Å²) < 4.78 is 5.23. The van der Waals surface area contributed by atoms with Crippen LogP contribution in [-0.4, -0.2) is 39.5 Å². The van der Waals surface area contributed by atoms with Gasteiger partial charge in [-0.1, -0.05) is 23.5 Å². The maximum absolute atomic E-state index is 12.9. The van der Waals surface area contributed by atoms with Gasteiger partial charge in [-0.15, -0.1) is 10.2 Å². The molecule has 0 saturated carbocycles. The van der Waals surface area contributed by atoms with Crippen LogP contribution in [0.25, 0.3) is 10.6 Å². The minimum absolute atomic E-state index is 0.190. The number of aromatic nitrogens is 2. The molecule has 144 valence electrons. The number of carbonyl (C=O) groups excluding carboxylic acids is 2. The predicted octanol–water partition coefficient (Wildman–Crippen LogP) is 3.74. The zero-order valence-corrected chi connectivity index (χ0v) is 16.2. The van der Waals surface area contributed by atoms with Gasteiger partial charge in [-0.2, -0.15) is 0 Å². The fourth-order valence-electron chi connectivity index (χ4n) is 3.36. The molecule has 1 aliphatic rings. The van der Waals surface area contributed by atoms with Crippen molar-refractivity contribution in [3.8, 4) is 10.6 Å². The molecule has 7 nitrogen and oxygen atoms in total. The summed E-state index contributed by atoms with van der Waals surface area (Å²) in [5, 5.41) is 12.8. The lowest BCUT2D eigenvalue weighted by molar-refractivity contribution is -0.121. The molecule has 0 bridgehead atoms. The Morgan fingerprint density at radius 1 is 1.21 bits per heavy atom. The second-order valence-electron chi connectivity index (χ2n) is 6.68. The van der Waals surface area contributed by atoms with E-state index in [1.807, 2.05) is 31.2 Å². The largest absolute Gasteiger partial charge is 0.459 e. The van der Waals surface area contributed by atoms with Crippen molar-refractivity contribution < 1.29 is 14.0 Å². The fourth-order valence-corrected chi connectivity index (χ4v) is 4.05. The van der Waals surface area contributed by atoms with Crippen LogP contribution in [-0.2, 0) is 4.79 Å². The second kappa shape index (κ2) is 7.93. The maximum atomic E-state index is 12.9. The highest BCUT2D eigenvalue weighted by Gasteiger charge is 2.33. The van der Waals surface area contributed by atoms with E-state index in [9.17, 15) is 9.59 Å². The highest BCUT2D eigenvalue weighted by Crippen LogP contribution is 2.26. The third-order valence-electron chi connectivity index (χ3n) is 4.70. The summed E-state index contributed by atoms with van der Waals surface area (Å²) in [6, 6.07) is 10.3. The topological polar surface area (TPSA) is 88.3 Å². The lowest BCUT2D eigenvalue weighted by Gasteiger charge is -2.34. The first kappa shape index (κ1) is 18.4. The Bertz CT molecular complexity index is 983. The molecule has 1 aliphatic heterocycles. The van der Waals surface area contributed by atoms with Crippen molar-refractivity contribution >= 4 is 28.8 Å². The van der Waals surface area contributed by atoms with Crippen LogP contribution < -0.4 is 5.32 Å². The van der Waals surface area contributed by atoms with E-state index in [1.165, 1.54) is 17.6 Å². The smallest absolute Gasteiger partial charge is 0.290 e. The Labute approximate surface area is 166 Å². The molecule has 2 amide bonds. The molecule has 0 unspecified atom stereocenters. The van der Waals surface area contributed by atoms with Crippen molar-refractivity contribution in [3.63, 3.8) is 0 Å². The summed E-state index contributed by atoms with van der Waals surface area (Å²) in [6.45, 7) is 2.45. The van der Waals surface area contributed by atoms with E-state index in [0.29, 0.717) is 18.7 Å². The number of benzene rings is 1. The van der Waals surface area contributed by atoms with E-state index < -0.39 is 6.04 Å². The van der Waals surface area contributed by atoms with Crippen LogP contribution in [0.2, 0.25) is 0 Å². The Morgan fingerprint density at radius 2 is 2.11 bits per heavy atom. The molecule has 8 heteroatoms. The van der Waals surface area contributed by atoms with Crippen molar-refractivity contribution in [1.29, 1.82) is 0 Å². The zero-order valence-electron chi connectivity index (χ0n) is 15.4. The predicted molar refractivity (Wildman–Crippen MR) is 106 cm³/mol. The number of nitrogens with zero attached hydrogens (tertiary/aromatic N) is 3. The molecule has 0 aliphatic carbocycles.